The normalized spacial score (nSPS) is 18.0. The number of rotatable bonds is 3. The van der Waals surface area contributed by atoms with E-state index in [1.165, 1.54) is 11.3 Å². The highest BCUT2D eigenvalue weighted by atomic mass is 32.1. The van der Waals surface area contributed by atoms with Crippen LogP contribution in [0.3, 0.4) is 0 Å². The fourth-order valence-electron chi connectivity index (χ4n) is 3.05. The molecule has 8 nitrogen and oxygen atoms in total. The molecule has 9 heteroatoms. The van der Waals surface area contributed by atoms with Gasteiger partial charge in [0.05, 0.1) is 28.6 Å². The summed E-state index contributed by atoms with van der Waals surface area (Å²) < 4.78 is 1.84. The summed E-state index contributed by atoms with van der Waals surface area (Å²) in [4.78, 5) is 32.7. The smallest absolute Gasteiger partial charge is 0.322 e. The van der Waals surface area contributed by atoms with Gasteiger partial charge in [-0.05, 0) is 13.8 Å². The number of aromatic nitrogens is 3. The largest absolute Gasteiger partial charge is 0.336 e. The minimum Gasteiger partial charge on any atom is -0.336 e. The SMILES string of the molecule is Cc1nc(C)c(C(=O)N2CC(n3cc(N4CCNC4=O)cn3)C2)s1. The number of carbonyl (C=O) groups excluding carboxylic acids is 2. The maximum absolute atomic E-state index is 12.5. The van der Waals surface area contributed by atoms with Crippen molar-refractivity contribution in [3.05, 3.63) is 28.0 Å². The van der Waals surface area contributed by atoms with Crippen molar-refractivity contribution in [2.75, 3.05) is 31.1 Å². The number of hydrogen-bond acceptors (Lipinski definition) is 5. The molecule has 2 aliphatic heterocycles. The fourth-order valence-corrected chi connectivity index (χ4v) is 3.93. The van der Waals surface area contributed by atoms with E-state index in [2.05, 4.69) is 15.4 Å². The molecule has 24 heavy (non-hydrogen) atoms. The molecule has 0 unspecified atom stereocenters. The third-order valence-corrected chi connectivity index (χ3v) is 5.44. The van der Waals surface area contributed by atoms with Gasteiger partial charge in [0.1, 0.15) is 4.88 Å². The second-order valence-corrected chi connectivity index (χ2v) is 7.28. The minimum atomic E-state index is -0.0870. The number of nitrogens with zero attached hydrogens (tertiary/aromatic N) is 5. The Morgan fingerprint density at radius 3 is 2.79 bits per heavy atom. The molecule has 3 amide bonds. The van der Waals surface area contributed by atoms with Crippen LogP contribution in [-0.2, 0) is 0 Å². The van der Waals surface area contributed by atoms with Gasteiger partial charge >= 0.3 is 6.03 Å². The van der Waals surface area contributed by atoms with E-state index in [4.69, 9.17) is 0 Å². The van der Waals surface area contributed by atoms with E-state index in [0.717, 1.165) is 21.3 Å². The molecule has 126 valence electrons. The second-order valence-electron chi connectivity index (χ2n) is 6.07. The molecule has 2 aliphatic rings. The highest BCUT2D eigenvalue weighted by Crippen LogP contribution is 2.27. The van der Waals surface area contributed by atoms with E-state index in [9.17, 15) is 9.59 Å². The van der Waals surface area contributed by atoms with Gasteiger partial charge < -0.3 is 10.2 Å². The Morgan fingerprint density at radius 2 is 2.17 bits per heavy atom. The van der Waals surface area contributed by atoms with Gasteiger partial charge in [0.15, 0.2) is 0 Å². The number of nitrogens with one attached hydrogen (secondary N) is 1. The summed E-state index contributed by atoms with van der Waals surface area (Å²) in [5.41, 5.74) is 1.59. The molecule has 4 heterocycles. The molecule has 0 radical (unpaired) electrons. The molecule has 0 saturated carbocycles. The van der Waals surface area contributed by atoms with Gasteiger partial charge in [0.25, 0.3) is 5.91 Å². The van der Waals surface area contributed by atoms with Gasteiger partial charge in [0, 0.05) is 32.4 Å². The first-order chi connectivity index (χ1) is 11.5. The molecular weight excluding hydrogens is 328 g/mol. The molecule has 0 aliphatic carbocycles. The van der Waals surface area contributed by atoms with Gasteiger partial charge in [0.2, 0.25) is 0 Å². The van der Waals surface area contributed by atoms with Crippen LogP contribution >= 0.6 is 11.3 Å². The summed E-state index contributed by atoms with van der Waals surface area (Å²) in [5.74, 6) is 0.0423. The Bertz CT molecular complexity index is 807. The van der Waals surface area contributed by atoms with Crippen molar-refractivity contribution >= 4 is 29.0 Å². The first-order valence-corrected chi connectivity index (χ1v) is 8.67. The van der Waals surface area contributed by atoms with Gasteiger partial charge in [-0.1, -0.05) is 0 Å². The van der Waals surface area contributed by atoms with Crippen molar-refractivity contribution in [2.45, 2.75) is 19.9 Å². The van der Waals surface area contributed by atoms with Gasteiger partial charge in [-0.15, -0.1) is 11.3 Å². The molecule has 0 aromatic carbocycles. The van der Waals surface area contributed by atoms with Crippen LogP contribution in [-0.4, -0.2) is 57.8 Å². The Morgan fingerprint density at radius 1 is 1.38 bits per heavy atom. The van der Waals surface area contributed by atoms with Crippen LogP contribution in [0.4, 0.5) is 10.5 Å². The molecule has 2 fully saturated rings. The lowest BCUT2D eigenvalue weighted by Crippen LogP contribution is -2.50. The van der Waals surface area contributed by atoms with Crippen LogP contribution in [0.5, 0.6) is 0 Å². The molecule has 4 rings (SSSR count). The Labute approximate surface area is 143 Å². The third kappa shape index (κ3) is 2.44. The van der Waals surface area contributed by atoms with E-state index in [1.54, 1.807) is 11.1 Å². The summed E-state index contributed by atoms with van der Waals surface area (Å²) in [6.07, 6.45) is 3.57. The summed E-state index contributed by atoms with van der Waals surface area (Å²) in [6.45, 7) is 6.35. The standard InChI is InChI=1S/C15H18N6O2S/c1-9-13(24-10(2)18-9)14(22)19-6-12(7-19)21-8-11(5-17-21)20-4-3-16-15(20)23/h5,8,12H,3-4,6-7H2,1-2H3,(H,16,23). The molecule has 0 spiro atoms. The summed E-state index contributed by atoms with van der Waals surface area (Å²) >= 11 is 1.44. The summed E-state index contributed by atoms with van der Waals surface area (Å²) in [5, 5.41) is 8.04. The lowest BCUT2D eigenvalue weighted by Gasteiger charge is -2.39. The highest BCUT2D eigenvalue weighted by molar-refractivity contribution is 7.13. The Kier molecular flexibility index (Phi) is 3.52. The van der Waals surface area contributed by atoms with Crippen molar-refractivity contribution in [3.8, 4) is 0 Å². The first kappa shape index (κ1) is 15.1. The average molecular weight is 346 g/mol. The summed E-state index contributed by atoms with van der Waals surface area (Å²) in [6, 6.07) is 0.0682. The van der Waals surface area contributed by atoms with Crippen LogP contribution in [0.15, 0.2) is 12.4 Å². The lowest BCUT2D eigenvalue weighted by atomic mass is 10.1. The van der Waals surface area contributed by atoms with Crippen LogP contribution in [0, 0.1) is 13.8 Å². The number of thiazole rings is 1. The predicted molar refractivity (Wildman–Crippen MR) is 89.5 cm³/mol. The van der Waals surface area contributed by atoms with Crippen LogP contribution < -0.4 is 10.2 Å². The number of carbonyl (C=O) groups is 2. The van der Waals surface area contributed by atoms with Gasteiger partial charge in [-0.3, -0.25) is 14.4 Å². The summed E-state index contributed by atoms with van der Waals surface area (Å²) in [7, 11) is 0. The van der Waals surface area contributed by atoms with Crippen molar-refractivity contribution in [2.24, 2.45) is 0 Å². The number of hydrogen-bond donors (Lipinski definition) is 1. The zero-order valence-electron chi connectivity index (χ0n) is 13.5. The maximum Gasteiger partial charge on any atom is 0.322 e. The number of urea groups is 1. The Hall–Kier alpha value is -2.42. The average Bonchev–Trinajstić information content (AvgIpc) is 3.18. The molecule has 0 atom stereocenters. The quantitative estimate of drug-likeness (QED) is 0.905. The first-order valence-electron chi connectivity index (χ1n) is 7.86. The Balaban J connectivity index is 1.41. The molecule has 1 N–H and O–H groups in total. The predicted octanol–water partition coefficient (Wildman–Crippen LogP) is 1.18. The van der Waals surface area contributed by atoms with E-state index >= 15 is 0 Å². The monoisotopic (exact) mass is 346 g/mol. The van der Waals surface area contributed by atoms with Crippen molar-refractivity contribution in [1.82, 2.24) is 25.0 Å². The van der Waals surface area contributed by atoms with Gasteiger partial charge in [-0.2, -0.15) is 5.10 Å². The fraction of sp³-hybridized carbons (Fsp3) is 0.467. The molecular formula is C15H18N6O2S. The minimum absolute atomic E-state index is 0.0423. The molecule has 2 aromatic rings. The zero-order valence-corrected chi connectivity index (χ0v) is 14.3. The third-order valence-electron chi connectivity index (χ3n) is 4.38. The van der Waals surface area contributed by atoms with Crippen molar-refractivity contribution in [1.29, 1.82) is 0 Å². The van der Waals surface area contributed by atoms with E-state index < -0.39 is 0 Å². The number of amides is 3. The van der Waals surface area contributed by atoms with E-state index in [0.29, 0.717) is 26.2 Å². The zero-order chi connectivity index (χ0) is 16.8. The van der Waals surface area contributed by atoms with Crippen molar-refractivity contribution in [3.63, 3.8) is 0 Å². The number of aryl methyl sites for hydroxylation is 2. The van der Waals surface area contributed by atoms with Crippen LogP contribution in [0.25, 0.3) is 0 Å². The number of likely N-dealkylation sites (tertiary alicyclic amines) is 1. The van der Waals surface area contributed by atoms with E-state index in [1.807, 2.05) is 29.6 Å². The van der Waals surface area contributed by atoms with Gasteiger partial charge in [-0.25, -0.2) is 9.78 Å². The highest BCUT2D eigenvalue weighted by Gasteiger charge is 2.35. The van der Waals surface area contributed by atoms with Crippen molar-refractivity contribution < 1.29 is 9.59 Å². The molecule has 2 saturated heterocycles. The van der Waals surface area contributed by atoms with Crippen LogP contribution in [0.1, 0.15) is 26.4 Å². The second kappa shape index (κ2) is 5.59. The maximum atomic E-state index is 12.5. The number of anilines is 1. The van der Waals surface area contributed by atoms with Crippen LogP contribution in [0.2, 0.25) is 0 Å². The molecule has 2 aromatic heterocycles. The topological polar surface area (TPSA) is 83.4 Å². The molecule has 0 bridgehead atoms. The lowest BCUT2D eigenvalue weighted by molar-refractivity contribution is 0.0505. The van der Waals surface area contributed by atoms with E-state index in [-0.39, 0.29) is 18.0 Å².